The third-order valence-corrected chi connectivity index (χ3v) is 3.92. The Balaban J connectivity index is 2.03. The van der Waals surface area contributed by atoms with Gasteiger partial charge in [-0.25, -0.2) is 0 Å². The van der Waals surface area contributed by atoms with Crippen molar-refractivity contribution in [3.05, 3.63) is 24.0 Å². The minimum Gasteiger partial charge on any atom is -0.481 e. The SMILES string of the molecule is Cc1cncc(NC(=O)CC2(C(=O)O)CCCCC2)c1. The van der Waals surface area contributed by atoms with Gasteiger partial charge >= 0.3 is 5.97 Å². The van der Waals surface area contributed by atoms with Gasteiger partial charge in [0.15, 0.2) is 0 Å². The normalized spacial score (nSPS) is 17.4. The molecular weight excluding hydrogens is 256 g/mol. The third-order valence-electron chi connectivity index (χ3n) is 3.92. The highest BCUT2D eigenvalue weighted by Gasteiger charge is 2.41. The van der Waals surface area contributed by atoms with Crippen molar-refractivity contribution in [2.45, 2.75) is 45.4 Å². The molecule has 0 aromatic carbocycles. The molecule has 1 fully saturated rings. The Labute approximate surface area is 118 Å². The first-order valence-corrected chi connectivity index (χ1v) is 6.97. The Hall–Kier alpha value is -1.91. The molecule has 1 aromatic heterocycles. The number of pyridine rings is 1. The molecule has 0 aliphatic heterocycles. The highest BCUT2D eigenvalue weighted by atomic mass is 16.4. The lowest BCUT2D eigenvalue weighted by molar-refractivity contribution is -0.153. The van der Waals surface area contributed by atoms with Crippen LogP contribution in [0.15, 0.2) is 18.5 Å². The molecular formula is C15H20N2O3. The predicted octanol–water partition coefficient (Wildman–Crippen LogP) is 2.75. The number of nitrogens with one attached hydrogen (secondary N) is 1. The van der Waals surface area contributed by atoms with Crippen molar-refractivity contribution in [2.24, 2.45) is 5.41 Å². The standard InChI is InChI=1S/C15H20N2O3/c1-11-7-12(10-16-9-11)17-13(18)8-15(14(19)20)5-3-2-4-6-15/h7,9-10H,2-6,8H2,1H3,(H,17,18)(H,19,20). The molecule has 5 heteroatoms. The van der Waals surface area contributed by atoms with Crippen LogP contribution in [-0.2, 0) is 9.59 Å². The molecule has 2 N–H and O–H groups in total. The Kier molecular flexibility index (Phi) is 4.37. The molecule has 1 amide bonds. The number of anilines is 1. The number of aromatic nitrogens is 1. The van der Waals surface area contributed by atoms with Crippen LogP contribution in [0.2, 0.25) is 0 Å². The van der Waals surface area contributed by atoms with Gasteiger partial charge in [0.25, 0.3) is 0 Å². The average Bonchev–Trinajstić information content (AvgIpc) is 2.39. The van der Waals surface area contributed by atoms with E-state index in [0.717, 1.165) is 24.8 Å². The number of hydrogen-bond donors (Lipinski definition) is 2. The van der Waals surface area contributed by atoms with E-state index in [2.05, 4.69) is 10.3 Å². The van der Waals surface area contributed by atoms with E-state index >= 15 is 0 Å². The fourth-order valence-electron chi connectivity index (χ4n) is 2.83. The number of carboxylic acid groups (broad SMARTS) is 1. The molecule has 108 valence electrons. The Morgan fingerprint density at radius 3 is 2.60 bits per heavy atom. The lowest BCUT2D eigenvalue weighted by Gasteiger charge is -2.32. The van der Waals surface area contributed by atoms with Crippen LogP contribution in [0.1, 0.15) is 44.1 Å². The second-order valence-electron chi connectivity index (χ2n) is 5.62. The van der Waals surface area contributed by atoms with Crippen LogP contribution < -0.4 is 5.32 Å². The molecule has 0 bridgehead atoms. The first kappa shape index (κ1) is 14.5. The summed E-state index contributed by atoms with van der Waals surface area (Å²) < 4.78 is 0. The van der Waals surface area contributed by atoms with Crippen LogP contribution in [0, 0.1) is 12.3 Å². The minimum atomic E-state index is -0.889. The minimum absolute atomic E-state index is 0.0380. The summed E-state index contributed by atoms with van der Waals surface area (Å²) in [6.45, 7) is 1.89. The zero-order chi connectivity index (χ0) is 14.6. The molecule has 0 saturated heterocycles. The predicted molar refractivity (Wildman–Crippen MR) is 75.4 cm³/mol. The van der Waals surface area contributed by atoms with Gasteiger partial charge in [0.1, 0.15) is 0 Å². The number of aryl methyl sites for hydroxylation is 1. The Bertz CT molecular complexity index is 508. The van der Waals surface area contributed by atoms with Crippen LogP contribution in [0.3, 0.4) is 0 Å². The second kappa shape index (κ2) is 6.03. The summed E-state index contributed by atoms with van der Waals surface area (Å²) in [7, 11) is 0. The molecule has 1 aromatic rings. The van der Waals surface area contributed by atoms with Crippen molar-refractivity contribution >= 4 is 17.6 Å². The lowest BCUT2D eigenvalue weighted by atomic mass is 9.71. The summed E-state index contributed by atoms with van der Waals surface area (Å²) in [5, 5.41) is 12.2. The largest absolute Gasteiger partial charge is 0.481 e. The van der Waals surface area contributed by atoms with E-state index in [9.17, 15) is 14.7 Å². The van der Waals surface area contributed by atoms with Crippen LogP contribution in [0.5, 0.6) is 0 Å². The zero-order valence-corrected chi connectivity index (χ0v) is 11.7. The Morgan fingerprint density at radius 1 is 1.30 bits per heavy atom. The van der Waals surface area contributed by atoms with E-state index in [1.807, 2.05) is 13.0 Å². The van der Waals surface area contributed by atoms with Crippen molar-refractivity contribution in [1.82, 2.24) is 4.98 Å². The van der Waals surface area contributed by atoms with Crippen molar-refractivity contribution < 1.29 is 14.7 Å². The summed E-state index contributed by atoms with van der Waals surface area (Å²) in [6, 6.07) is 1.82. The van der Waals surface area contributed by atoms with Gasteiger partial charge in [0, 0.05) is 12.6 Å². The van der Waals surface area contributed by atoms with Gasteiger partial charge in [-0.15, -0.1) is 0 Å². The monoisotopic (exact) mass is 276 g/mol. The molecule has 1 heterocycles. The number of hydrogen-bond acceptors (Lipinski definition) is 3. The van der Waals surface area contributed by atoms with Crippen molar-refractivity contribution in [3.63, 3.8) is 0 Å². The van der Waals surface area contributed by atoms with Gasteiger partial charge < -0.3 is 10.4 Å². The number of carbonyl (C=O) groups excluding carboxylic acids is 1. The van der Waals surface area contributed by atoms with E-state index in [0.29, 0.717) is 18.5 Å². The molecule has 1 aliphatic carbocycles. The van der Waals surface area contributed by atoms with Crippen LogP contribution in [-0.4, -0.2) is 22.0 Å². The van der Waals surface area contributed by atoms with Gasteiger partial charge in [0.2, 0.25) is 5.91 Å². The fourth-order valence-corrected chi connectivity index (χ4v) is 2.83. The summed E-state index contributed by atoms with van der Waals surface area (Å²) >= 11 is 0. The quantitative estimate of drug-likeness (QED) is 0.886. The molecule has 20 heavy (non-hydrogen) atoms. The van der Waals surface area contributed by atoms with Gasteiger partial charge in [0.05, 0.1) is 17.3 Å². The molecule has 0 atom stereocenters. The first-order valence-electron chi connectivity index (χ1n) is 6.97. The van der Waals surface area contributed by atoms with E-state index in [1.54, 1.807) is 12.4 Å². The van der Waals surface area contributed by atoms with Gasteiger partial charge in [-0.05, 0) is 31.4 Å². The lowest BCUT2D eigenvalue weighted by Crippen LogP contribution is -2.37. The maximum absolute atomic E-state index is 12.1. The van der Waals surface area contributed by atoms with Crippen LogP contribution in [0.25, 0.3) is 0 Å². The number of aliphatic carboxylic acids is 1. The van der Waals surface area contributed by atoms with Gasteiger partial charge in [-0.1, -0.05) is 19.3 Å². The number of carbonyl (C=O) groups is 2. The summed E-state index contributed by atoms with van der Waals surface area (Å²) in [5.74, 6) is -1.10. The average molecular weight is 276 g/mol. The second-order valence-corrected chi connectivity index (χ2v) is 5.62. The molecule has 0 radical (unpaired) electrons. The maximum Gasteiger partial charge on any atom is 0.310 e. The molecule has 2 rings (SSSR count). The van der Waals surface area contributed by atoms with E-state index in [-0.39, 0.29) is 12.3 Å². The summed E-state index contributed by atoms with van der Waals surface area (Å²) in [4.78, 5) is 27.6. The summed E-state index contributed by atoms with van der Waals surface area (Å²) in [6.07, 6.45) is 7.30. The van der Waals surface area contributed by atoms with E-state index < -0.39 is 11.4 Å². The van der Waals surface area contributed by atoms with E-state index in [4.69, 9.17) is 0 Å². The molecule has 1 saturated carbocycles. The highest BCUT2D eigenvalue weighted by molar-refractivity contribution is 5.94. The number of nitrogens with zero attached hydrogens (tertiary/aromatic N) is 1. The van der Waals surface area contributed by atoms with Crippen LogP contribution >= 0.6 is 0 Å². The number of rotatable bonds is 4. The smallest absolute Gasteiger partial charge is 0.310 e. The van der Waals surface area contributed by atoms with Crippen molar-refractivity contribution in [1.29, 1.82) is 0 Å². The Morgan fingerprint density at radius 2 is 2.00 bits per heavy atom. The molecule has 0 unspecified atom stereocenters. The molecule has 0 spiro atoms. The van der Waals surface area contributed by atoms with Gasteiger partial charge in [-0.3, -0.25) is 14.6 Å². The third kappa shape index (κ3) is 3.35. The number of carboxylic acids is 1. The molecule has 5 nitrogen and oxygen atoms in total. The highest BCUT2D eigenvalue weighted by Crippen LogP contribution is 2.39. The first-order chi connectivity index (χ1) is 9.52. The van der Waals surface area contributed by atoms with Crippen molar-refractivity contribution in [2.75, 3.05) is 5.32 Å². The van der Waals surface area contributed by atoms with Crippen LogP contribution in [0.4, 0.5) is 5.69 Å². The van der Waals surface area contributed by atoms with Gasteiger partial charge in [-0.2, -0.15) is 0 Å². The fraction of sp³-hybridized carbons (Fsp3) is 0.533. The summed E-state index contributed by atoms with van der Waals surface area (Å²) in [5.41, 5.74) is 0.680. The number of amides is 1. The van der Waals surface area contributed by atoms with Crippen molar-refractivity contribution in [3.8, 4) is 0 Å². The van der Waals surface area contributed by atoms with E-state index in [1.165, 1.54) is 0 Å². The molecule has 1 aliphatic rings. The maximum atomic E-state index is 12.1. The topological polar surface area (TPSA) is 79.3 Å². The zero-order valence-electron chi connectivity index (χ0n) is 11.7.